The molecule has 1 spiro atoms. The number of hydrogen-bond acceptors (Lipinski definition) is 2. The monoisotopic (exact) mass is 156 g/mol. The molecule has 2 fully saturated rings. The fourth-order valence-electron chi connectivity index (χ4n) is 1.82. The van der Waals surface area contributed by atoms with E-state index >= 15 is 0 Å². The van der Waals surface area contributed by atoms with E-state index in [1.165, 1.54) is 32.1 Å². The van der Waals surface area contributed by atoms with Gasteiger partial charge in [0.1, 0.15) is 5.60 Å². The molecule has 0 bridgehead atoms. The smallest absolute Gasteiger partial charge is 0.115 e. The van der Waals surface area contributed by atoms with Crippen LogP contribution < -0.4 is 0 Å². The van der Waals surface area contributed by atoms with Crippen LogP contribution in [0.25, 0.3) is 0 Å². The summed E-state index contributed by atoms with van der Waals surface area (Å²) in [6, 6.07) is 0. The van der Waals surface area contributed by atoms with E-state index in [-0.39, 0.29) is 5.60 Å². The highest BCUT2D eigenvalue weighted by atomic mass is 16.6. The molecular formula is C9H16O2. The number of ether oxygens (including phenoxy) is 2. The van der Waals surface area contributed by atoms with E-state index in [1.54, 1.807) is 0 Å². The van der Waals surface area contributed by atoms with Crippen LogP contribution in [0, 0.1) is 0 Å². The van der Waals surface area contributed by atoms with Crippen LogP contribution in [0.15, 0.2) is 0 Å². The highest BCUT2D eigenvalue weighted by Gasteiger charge is 2.39. The predicted molar refractivity (Wildman–Crippen MR) is 42.6 cm³/mol. The van der Waals surface area contributed by atoms with E-state index in [0.29, 0.717) is 0 Å². The lowest BCUT2D eigenvalue weighted by molar-refractivity contribution is -0.216. The van der Waals surface area contributed by atoms with Gasteiger partial charge in [-0.05, 0) is 12.8 Å². The summed E-state index contributed by atoms with van der Waals surface area (Å²) in [6.45, 7) is 2.63. The summed E-state index contributed by atoms with van der Waals surface area (Å²) in [4.78, 5) is 0. The summed E-state index contributed by atoms with van der Waals surface area (Å²) < 4.78 is 11.0. The van der Waals surface area contributed by atoms with Crippen molar-refractivity contribution >= 4 is 0 Å². The van der Waals surface area contributed by atoms with Gasteiger partial charge < -0.3 is 9.47 Å². The first-order valence-electron chi connectivity index (χ1n) is 4.63. The molecule has 2 aliphatic rings. The van der Waals surface area contributed by atoms with Gasteiger partial charge in [-0.15, -0.1) is 0 Å². The van der Waals surface area contributed by atoms with Gasteiger partial charge in [-0.25, -0.2) is 0 Å². The molecule has 2 saturated heterocycles. The Kier molecular flexibility index (Phi) is 2.14. The van der Waals surface area contributed by atoms with Crippen molar-refractivity contribution in [2.45, 2.75) is 37.7 Å². The average Bonchev–Trinajstić information content (AvgIpc) is 1.82. The topological polar surface area (TPSA) is 18.5 Å². The van der Waals surface area contributed by atoms with Gasteiger partial charge in [0.2, 0.25) is 0 Å². The Balaban J connectivity index is 1.86. The van der Waals surface area contributed by atoms with E-state index in [1.807, 2.05) is 0 Å². The van der Waals surface area contributed by atoms with Crippen molar-refractivity contribution in [3.05, 3.63) is 0 Å². The lowest BCUT2D eigenvalue weighted by Gasteiger charge is -2.42. The van der Waals surface area contributed by atoms with Gasteiger partial charge >= 0.3 is 0 Å². The van der Waals surface area contributed by atoms with Crippen molar-refractivity contribution in [3.8, 4) is 0 Å². The molecule has 0 saturated carbocycles. The molecule has 64 valence electrons. The molecule has 2 aliphatic heterocycles. The molecule has 0 atom stereocenters. The van der Waals surface area contributed by atoms with Crippen LogP contribution in [-0.2, 0) is 9.47 Å². The van der Waals surface area contributed by atoms with Crippen molar-refractivity contribution in [2.75, 3.05) is 19.8 Å². The third-order valence-electron chi connectivity index (χ3n) is 2.67. The van der Waals surface area contributed by atoms with Crippen LogP contribution in [0.2, 0.25) is 0 Å². The zero-order chi connectivity index (χ0) is 7.57. The van der Waals surface area contributed by atoms with Gasteiger partial charge in [-0.2, -0.15) is 0 Å². The van der Waals surface area contributed by atoms with E-state index in [9.17, 15) is 0 Å². The molecule has 0 N–H and O–H groups in total. The fourth-order valence-corrected chi connectivity index (χ4v) is 1.82. The van der Waals surface area contributed by atoms with Gasteiger partial charge in [-0.1, -0.05) is 19.3 Å². The molecule has 0 aromatic carbocycles. The maximum absolute atomic E-state index is 5.78. The quantitative estimate of drug-likeness (QED) is 0.532. The highest BCUT2D eigenvalue weighted by Crippen LogP contribution is 2.30. The Bertz CT molecular complexity index is 120. The molecule has 0 aliphatic carbocycles. The van der Waals surface area contributed by atoms with Gasteiger partial charge in [0.25, 0.3) is 0 Å². The summed E-state index contributed by atoms with van der Waals surface area (Å²) in [6.07, 6.45) is 6.50. The van der Waals surface area contributed by atoms with Crippen molar-refractivity contribution in [2.24, 2.45) is 0 Å². The molecule has 2 heterocycles. The second kappa shape index (κ2) is 3.11. The van der Waals surface area contributed by atoms with Gasteiger partial charge in [0.05, 0.1) is 13.2 Å². The Labute approximate surface area is 67.9 Å². The lowest BCUT2D eigenvalue weighted by Crippen LogP contribution is -2.52. The summed E-state index contributed by atoms with van der Waals surface area (Å²) in [7, 11) is 0. The minimum Gasteiger partial charge on any atom is -0.375 e. The van der Waals surface area contributed by atoms with Gasteiger partial charge in [0, 0.05) is 6.61 Å². The largest absolute Gasteiger partial charge is 0.375 e. The van der Waals surface area contributed by atoms with Gasteiger partial charge in [0.15, 0.2) is 0 Å². The first kappa shape index (κ1) is 7.56. The maximum atomic E-state index is 5.78. The van der Waals surface area contributed by atoms with Gasteiger partial charge in [-0.3, -0.25) is 0 Å². The Morgan fingerprint density at radius 3 is 2.45 bits per heavy atom. The van der Waals surface area contributed by atoms with Crippen LogP contribution in [0.1, 0.15) is 32.1 Å². The molecule has 0 amide bonds. The molecule has 2 rings (SSSR count). The van der Waals surface area contributed by atoms with Crippen molar-refractivity contribution in [1.82, 2.24) is 0 Å². The fraction of sp³-hybridized carbons (Fsp3) is 1.00. The normalized spacial score (nSPS) is 30.5. The Morgan fingerprint density at radius 1 is 0.909 bits per heavy atom. The summed E-state index contributed by atoms with van der Waals surface area (Å²) in [5.41, 5.74) is 0.153. The zero-order valence-electron chi connectivity index (χ0n) is 6.97. The van der Waals surface area contributed by atoms with Crippen molar-refractivity contribution < 1.29 is 9.47 Å². The molecule has 0 unspecified atom stereocenters. The third kappa shape index (κ3) is 1.57. The maximum Gasteiger partial charge on any atom is 0.115 e. The number of hydrogen-bond donors (Lipinski definition) is 0. The van der Waals surface area contributed by atoms with E-state index in [0.717, 1.165) is 19.8 Å². The minimum absolute atomic E-state index is 0.153. The second-order valence-electron chi connectivity index (χ2n) is 3.69. The third-order valence-corrected chi connectivity index (χ3v) is 2.67. The van der Waals surface area contributed by atoms with Crippen LogP contribution >= 0.6 is 0 Å². The average molecular weight is 156 g/mol. The summed E-state index contributed by atoms with van der Waals surface area (Å²) in [5.74, 6) is 0. The van der Waals surface area contributed by atoms with Crippen LogP contribution in [0.4, 0.5) is 0 Å². The summed E-state index contributed by atoms with van der Waals surface area (Å²) in [5, 5.41) is 0. The molecule has 0 aromatic heterocycles. The molecule has 11 heavy (non-hydrogen) atoms. The molecule has 0 radical (unpaired) electrons. The van der Waals surface area contributed by atoms with E-state index in [4.69, 9.17) is 9.47 Å². The molecule has 2 nitrogen and oxygen atoms in total. The molecule has 0 aromatic rings. The molecule has 2 heteroatoms. The Hall–Kier alpha value is -0.0800. The van der Waals surface area contributed by atoms with Crippen molar-refractivity contribution in [3.63, 3.8) is 0 Å². The van der Waals surface area contributed by atoms with E-state index < -0.39 is 0 Å². The van der Waals surface area contributed by atoms with Crippen LogP contribution in [-0.4, -0.2) is 25.4 Å². The standard InChI is InChI=1S/C9H16O2/c1-2-4-6-11-9(5-3-1)7-10-8-9/h1-8H2. The highest BCUT2D eigenvalue weighted by molar-refractivity contribution is 4.88. The summed E-state index contributed by atoms with van der Waals surface area (Å²) >= 11 is 0. The first-order valence-corrected chi connectivity index (χ1v) is 4.63. The first-order chi connectivity index (χ1) is 5.41. The zero-order valence-corrected chi connectivity index (χ0v) is 6.97. The molecular weight excluding hydrogens is 140 g/mol. The minimum atomic E-state index is 0.153. The predicted octanol–water partition coefficient (Wildman–Crippen LogP) is 1.74. The van der Waals surface area contributed by atoms with Crippen LogP contribution in [0.5, 0.6) is 0 Å². The van der Waals surface area contributed by atoms with Crippen LogP contribution in [0.3, 0.4) is 0 Å². The Morgan fingerprint density at radius 2 is 1.73 bits per heavy atom. The lowest BCUT2D eigenvalue weighted by atomic mass is 9.92. The SMILES string of the molecule is C1CCCC2(COC2)OCC1. The van der Waals surface area contributed by atoms with Crippen molar-refractivity contribution in [1.29, 1.82) is 0 Å². The van der Waals surface area contributed by atoms with E-state index in [2.05, 4.69) is 0 Å². The second-order valence-corrected chi connectivity index (χ2v) is 3.69. The number of rotatable bonds is 0.